The van der Waals surface area contributed by atoms with Crippen LogP contribution in [-0.4, -0.2) is 36.9 Å². The van der Waals surface area contributed by atoms with Gasteiger partial charge in [-0.1, -0.05) is 36.4 Å². The minimum atomic E-state index is -0.190. The van der Waals surface area contributed by atoms with Gasteiger partial charge in [-0.15, -0.1) is 12.4 Å². The van der Waals surface area contributed by atoms with E-state index in [4.69, 9.17) is 0 Å². The molecule has 0 saturated heterocycles. The quantitative estimate of drug-likeness (QED) is 0.863. The Morgan fingerprint density at radius 1 is 1.12 bits per heavy atom. The normalized spacial score (nSPS) is 15.4. The summed E-state index contributed by atoms with van der Waals surface area (Å²) in [6.45, 7) is 1.24. The maximum Gasteiger partial charge on any atom is 0.251 e. The van der Waals surface area contributed by atoms with E-state index < -0.39 is 0 Å². The summed E-state index contributed by atoms with van der Waals surface area (Å²) in [7, 11) is 3.43. The number of amides is 2. The van der Waals surface area contributed by atoms with Gasteiger partial charge >= 0.3 is 0 Å². The summed E-state index contributed by atoms with van der Waals surface area (Å²) in [5.41, 5.74) is 4.12. The second kappa shape index (κ2) is 8.83. The van der Waals surface area contributed by atoms with Gasteiger partial charge in [-0.25, -0.2) is 0 Å². The van der Waals surface area contributed by atoms with Crippen LogP contribution in [0.3, 0.4) is 0 Å². The molecule has 0 aromatic heterocycles. The molecule has 26 heavy (non-hydrogen) atoms. The van der Waals surface area contributed by atoms with E-state index in [9.17, 15) is 9.59 Å². The van der Waals surface area contributed by atoms with Crippen LogP contribution < -0.4 is 10.6 Å². The number of nitrogens with one attached hydrogen (secondary N) is 2. The van der Waals surface area contributed by atoms with E-state index >= 15 is 0 Å². The highest BCUT2D eigenvalue weighted by molar-refractivity contribution is 5.94. The number of carbonyl (C=O) groups is 2. The van der Waals surface area contributed by atoms with E-state index in [1.165, 1.54) is 11.1 Å². The van der Waals surface area contributed by atoms with E-state index in [-0.39, 0.29) is 30.3 Å². The van der Waals surface area contributed by atoms with Gasteiger partial charge < -0.3 is 15.5 Å². The van der Waals surface area contributed by atoms with E-state index in [2.05, 4.69) is 22.8 Å². The molecule has 0 saturated carbocycles. The van der Waals surface area contributed by atoms with Crippen molar-refractivity contribution in [3.63, 3.8) is 0 Å². The lowest BCUT2D eigenvalue weighted by Gasteiger charge is -2.29. The summed E-state index contributed by atoms with van der Waals surface area (Å²) in [5, 5.41) is 5.93. The van der Waals surface area contributed by atoms with Crippen molar-refractivity contribution in [2.45, 2.75) is 25.6 Å². The molecule has 1 unspecified atom stereocenters. The minimum absolute atomic E-state index is 0. The van der Waals surface area contributed by atoms with Gasteiger partial charge in [0.15, 0.2) is 0 Å². The van der Waals surface area contributed by atoms with Gasteiger partial charge in [-0.05, 0) is 35.2 Å². The predicted octanol–water partition coefficient (Wildman–Crippen LogP) is 2.14. The van der Waals surface area contributed by atoms with Crippen LogP contribution >= 0.6 is 12.4 Å². The number of hydrogen-bond donors (Lipinski definition) is 2. The molecular weight excluding hydrogens is 350 g/mol. The van der Waals surface area contributed by atoms with Crippen molar-refractivity contribution in [2.24, 2.45) is 0 Å². The zero-order valence-electron chi connectivity index (χ0n) is 15.0. The third kappa shape index (κ3) is 4.42. The zero-order chi connectivity index (χ0) is 17.8. The van der Waals surface area contributed by atoms with Crippen molar-refractivity contribution >= 4 is 24.2 Å². The molecule has 0 spiro atoms. The SMILES string of the molecule is CNC(=O)c1ccc(CN(C)C(=O)C2Cc3ccccc3CN2)cc1.Cl. The molecule has 138 valence electrons. The maximum absolute atomic E-state index is 12.7. The molecule has 1 atom stereocenters. The molecule has 0 aliphatic carbocycles. The third-order valence-corrected chi connectivity index (χ3v) is 4.62. The molecule has 1 aliphatic heterocycles. The Morgan fingerprint density at radius 2 is 1.77 bits per heavy atom. The van der Waals surface area contributed by atoms with Gasteiger partial charge in [0, 0.05) is 32.7 Å². The second-order valence-electron chi connectivity index (χ2n) is 6.38. The lowest BCUT2D eigenvalue weighted by Crippen LogP contribution is -2.48. The standard InChI is InChI=1S/C20H23N3O2.ClH/c1-21-19(24)15-9-7-14(8-10-15)13-23(2)20(25)18-11-16-5-3-4-6-17(16)12-22-18;/h3-10,18,22H,11-13H2,1-2H3,(H,21,24);1H. The fraction of sp³-hybridized carbons (Fsp3) is 0.300. The van der Waals surface area contributed by atoms with Crippen molar-refractivity contribution in [1.29, 1.82) is 0 Å². The Hall–Kier alpha value is -2.37. The highest BCUT2D eigenvalue weighted by Gasteiger charge is 2.26. The lowest BCUT2D eigenvalue weighted by molar-refractivity contribution is -0.132. The Bertz CT molecular complexity index is 777. The molecule has 2 N–H and O–H groups in total. The average molecular weight is 374 g/mol. The number of hydrogen-bond acceptors (Lipinski definition) is 3. The molecule has 0 radical (unpaired) electrons. The number of likely N-dealkylation sites (N-methyl/N-ethyl adjacent to an activating group) is 1. The predicted molar refractivity (Wildman–Crippen MR) is 104 cm³/mol. The first-order chi connectivity index (χ1) is 12.1. The molecule has 0 fully saturated rings. The van der Waals surface area contributed by atoms with Gasteiger partial charge in [-0.3, -0.25) is 9.59 Å². The largest absolute Gasteiger partial charge is 0.355 e. The smallest absolute Gasteiger partial charge is 0.251 e. The zero-order valence-corrected chi connectivity index (χ0v) is 15.8. The van der Waals surface area contributed by atoms with Crippen LogP contribution in [0.4, 0.5) is 0 Å². The average Bonchev–Trinajstić information content (AvgIpc) is 2.67. The maximum atomic E-state index is 12.7. The van der Waals surface area contributed by atoms with Gasteiger partial charge in [0.1, 0.15) is 0 Å². The van der Waals surface area contributed by atoms with Gasteiger partial charge in [0.2, 0.25) is 5.91 Å². The molecule has 2 amide bonds. The van der Waals surface area contributed by atoms with Crippen LogP contribution in [0.1, 0.15) is 27.0 Å². The molecule has 1 aliphatic rings. The van der Waals surface area contributed by atoms with E-state index in [1.54, 1.807) is 24.1 Å². The van der Waals surface area contributed by atoms with Crippen LogP contribution in [0.15, 0.2) is 48.5 Å². The number of fused-ring (bicyclic) bond motifs is 1. The van der Waals surface area contributed by atoms with Gasteiger partial charge in [-0.2, -0.15) is 0 Å². The molecule has 2 aromatic carbocycles. The van der Waals surface area contributed by atoms with Crippen LogP contribution in [0, 0.1) is 0 Å². The monoisotopic (exact) mass is 373 g/mol. The second-order valence-corrected chi connectivity index (χ2v) is 6.38. The number of halogens is 1. The van der Waals surface area contributed by atoms with Crippen LogP contribution in [0.25, 0.3) is 0 Å². The van der Waals surface area contributed by atoms with Gasteiger partial charge in [0.05, 0.1) is 6.04 Å². The summed E-state index contributed by atoms with van der Waals surface area (Å²) in [6, 6.07) is 15.4. The molecule has 1 heterocycles. The van der Waals surface area contributed by atoms with Crippen LogP contribution in [0.5, 0.6) is 0 Å². The van der Waals surface area contributed by atoms with E-state index in [0.29, 0.717) is 12.1 Å². The Morgan fingerprint density at radius 3 is 2.42 bits per heavy atom. The fourth-order valence-corrected chi connectivity index (χ4v) is 3.15. The number of nitrogens with zero attached hydrogens (tertiary/aromatic N) is 1. The number of carbonyl (C=O) groups excluding carboxylic acids is 2. The summed E-state index contributed by atoms with van der Waals surface area (Å²) < 4.78 is 0. The minimum Gasteiger partial charge on any atom is -0.355 e. The Balaban J connectivity index is 0.00000243. The Labute approximate surface area is 160 Å². The first-order valence-corrected chi connectivity index (χ1v) is 8.44. The number of rotatable bonds is 4. The lowest BCUT2D eigenvalue weighted by atomic mass is 9.95. The molecule has 0 bridgehead atoms. The van der Waals surface area contributed by atoms with Crippen molar-refractivity contribution in [1.82, 2.24) is 15.5 Å². The molecule has 6 heteroatoms. The van der Waals surface area contributed by atoms with Crippen LogP contribution in [0.2, 0.25) is 0 Å². The van der Waals surface area contributed by atoms with Crippen molar-refractivity contribution in [3.05, 3.63) is 70.8 Å². The highest BCUT2D eigenvalue weighted by Crippen LogP contribution is 2.18. The van der Waals surface area contributed by atoms with Gasteiger partial charge in [0.25, 0.3) is 5.91 Å². The van der Waals surface area contributed by atoms with Crippen molar-refractivity contribution < 1.29 is 9.59 Å². The first-order valence-electron chi connectivity index (χ1n) is 8.44. The first kappa shape index (κ1) is 19.9. The number of benzene rings is 2. The molecule has 3 rings (SSSR count). The highest BCUT2D eigenvalue weighted by atomic mass is 35.5. The van der Waals surface area contributed by atoms with E-state index in [1.807, 2.05) is 31.3 Å². The van der Waals surface area contributed by atoms with Crippen molar-refractivity contribution in [3.8, 4) is 0 Å². The summed E-state index contributed by atoms with van der Waals surface area (Å²) in [4.78, 5) is 26.0. The van der Waals surface area contributed by atoms with E-state index in [0.717, 1.165) is 18.5 Å². The Kier molecular flexibility index (Phi) is 6.77. The summed E-state index contributed by atoms with van der Waals surface area (Å²) in [5.74, 6) is -0.0223. The van der Waals surface area contributed by atoms with Crippen molar-refractivity contribution in [2.75, 3.05) is 14.1 Å². The molecule has 2 aromatic rings. The third-order valence-electron chi connectivity index (χ3n) is 4.62. The molecule has 5 nitrogen and oxygen atoms in total. The summed E-state index contributed by atoms with van der Waals surface area (Å²) in [6.07, 6.45) is 0.717. The van der Waals surface area contributed by atoms with Crippen LogP contribution in [-0.2, 0) is 24.3 Å². The summed E-state index contributed by atoms with van der Waals surface area (Å²) >= 11 is 0. The fourth-order valence-electron chi connectivity index (χ4n) is 3.15. The topological polar surface area (TPSA) is 61.4 Å². The molecular formula is C20H24ClN3O2.